The lowest BCUT2D eigenvalue weighted by molar-refractivity contribution is 0.0376. The minimum Gasteiger partial charge on any atom is -0.379 e. The average molecular weight is 262 g/mol. The summed E-state index contributed by atoms with van der Waals surface area (Å²) in [5, 5.41) is 0. The molecular weight excluding hydrogens is 236 g/mol. The summed E-state index contributed by atoms with van der Waals surface area (Å²) in [6.07, 6.45) is 1.02. The van der Waals surface area contributed by atoms with E-state index in [2.05, 4.69) is 29.3 Å². The van der Waals surface area contributed by atoms with Crippen LogP contribution in [0.3, 0.4) is 0 Å². The van der Waals surface area contributed by atoms with Gasteiger partial charge < -0.3 is 4.74 Å². The first-order chi connectivity index (χ1) is 7.99. The molecule has 0 spiro atoms. The third-order valence-electron chi connectivity index (χ3n) is 2.72. The van der Waals surface area contributed by atoms with Crippen LogP contribution in [0.25, 0.3) is 0 Å². The van der Waals surface area contributed by atoms with Crippen molar-refractivity contribution in [2.24, 2.45) is 5.92 Å². The van der Waals surface area contributed by atoms with Gasteiger partial charge in [-0.3, -0.25) is 9.11 Å². The fraction of sp³-hybridized carbons (Fsp3) is 0.917. The second-order valence-electron chi connectivity index (χ2n) is 5.07. The smallest absolute Gasteiger partial charge is 0.0594 e. The minimum atomic E-state index is -2.08. The second kappa shape index (κ2) is 7.36. The molecule has 0 aromatic carbocycles. The summed E-state index contributed by atoms with van der Waals surface area (Å²) in [6.45, 7) is 9.69. The Balaban J connectivity index is 2.10. The first-order valence-electron chi connectivity index (χ1n) is 6.39. The van der Waals surface area contributed by atoms with Crippen LogP contribution in [0.5, 0.6) is 0 Å². The van der Waals surface area contributed by atoms with Crippen LogP contribution in [0, 0.1) is 5.92 Å². The lowest BCUT2D eigenvalue weighted by atomic mass is 10.3. The third kappa shape index (κ3) is 7.03. The second-order valence-corrected chi connectivity index (χ2v) is 7.32. The quantitative estimate of drug-likeness (QED) is 0.539. The van der Waals surface area contributed by atoms with Gasteiger partial charge in [0.1, 0.15) is 0 Å². The summed E-state index contributed by atoms with van der Waals surface area (Å²) >= 11 is 0. The van der Waals surface area contributed by atoms with Crippen molar-refractivity contribution in [3.8, 4) is 0 Å². The number of ether oxygens (including phenoxy) is 1. The molecule has 1 saturated heterocycles. The highest BCUT2D eigenvalue weighted by Gasteiger charge is 2.10. The molecule has 0 bridgehead atoms. The van der Waals surface area contributed by atoms with Crippen LogP contribution in [-0.2, 0) is 14.4 Å². The Bertz CT molecular complexity index is 296. The topological polar surface area (TPSA) is 41.6 Å². The third-order valence-corrected chi connectivity index (χ3v) is 4.66. The van der Waals surface area contributed by atoms with Crippen LogP contribution in [0.4, 0.5) is 0 Å². The summed E-state index contributed by atoms with van der Waals surface area (Å²) in [4.78, 5) is 2.39. The van der Waals surface area contributed by atoms with Gasteiger partial charge >= 0.3 is 0 Å². The van der Waals surface area contributed by atoms with Crippen molar-refractivity contribution >= 4 is 15.6 Å². The number of nitrogens with zero attached hydrogens (tertiary/aromatic N) is 1. The molecule has 1 aliphatic rings. The minimum absolute atomic E-state index is 0.423. The van der Waals surface area contributed by atoms with Crippen molar-refractivity contribution in [1.82, 2.24) is 9.62 Å². The van der Waals surface area contributed by atoms with E-state index in [1.54, 1.807) is 0 Å². The molecule has 5 heteroatoms. The highest BCUT2D eigenvalue weighted by atomic mass is 32.2. The van der Waals surface area contributed by atoms with Crippen LogP contribution < -0.4 is 4.72 Å². The lowest BCUT2D eigenvalue weighted by Crippen LogP contribution is -2.38. The zero-order valence-electron chi connectivity index (χ0n) is 11.1. The van der Waals surface area contributed by atoms with E-state index in [-0.39, 0.29) is 0 Å². The molecule has 0 amide bonds. The van der Waals surface area contributed by atoms with Crippen molar-refractivity contribution < 1.29 is 8.95 Å². The number of hydrogen-bond acceptors (Lipinski definition) is 3. The molecule has 17 heavy (non-hydrogen) atoms. The number of rotatable bonds is 7. The molecule has 1 atom stereocenters. The van der Waals surface area contributed by atoms with Gasteiger partial charge in [-0.25, -0.2) is 4.72 Å². The van der Waals surface area contributed by atoms with Gasteiger partial charge in [-0.15, -0.1) is 0 Å². The van der Waals surface area contributed by atoms with Crippen LogP contribution in [0.15, 0.2) is 0 Å². The van der Waals surface area contributed by atoms with Gasteiger partial charge in [0.25, 0.3) is 0 Å². The standard InChI is InChI=1S/C12H26N2O2S/c1-12(2)11-17(3,15)13-5-4-6-14-7-9-16-10-8-14/h12H,3-11H2,1-2H3,(H,13,15). The molecule has 4 nitrogen and oxygen atoms in total. The van der Waals surface area contributed by atoms with E-state index in [1.165, 1.54) is 0 Å². The molecule has 0 saturated carbocycles. The van der Waals surface area contributed by atoms with Crippen LogP contribution in [0.2, 0.25) is 0 Å². The number of hydrogen-bond donors (Lipinski definition) is 1. The Morgan fingerprint density at radius 3 is 2.65 bits per heavy atom. The molecule has 0 radical (unpaired) electrons. The van der Waals surface area contributed by atoms with Crippen molar-refractivity contribution in [2.75, 3.05) is 45.1 Å². The van der Waals surface area contributed by atoms with E-state index in [1.807, 2.05) is 0 Å². The SMILES string of the molecule is C=S(=O)(CC(C)C)NCCCN1CCOCC1. The van der Waals surface area contributed by atoms with E-state index in [9.17, 15) is 4.21 Å². The summed E-state index contributed by atoms with van der Waals surface area (Å²) < 4.78 is 20.4. The summed E-state index contributed by atoms with van der Waals surface area (Å²) in [5.41, 5.74) is 0. The first-order valence-corrected chi connectivity index (χ1v) is 8.29. The highest BCUT2D eigenvalue weighted by Crippen LogP contribution is 1.99. The molecule has 0 aromatic rings. The molecule has 0 aromatic heterocycles. The number of morpholine rings is 1. The Hall–Kier alpha value is -0.100. The zero-order valence-corrected chi connectivity index (χ0v) is 11.9. The maximum absolute atomic E-state index is 12.0. The summed E-state index contributed by atoms with van der Waals surface area (Å²) in [7, 11) is -2.08. The van der Waals surface area contributed by atoms with Gasteiger partial charge in [0, 0.05) is 35.1 Å². The molecule has 1 fully saturated rings. The molecule has 0 aliphatic carbocycles. The van der Waals surface area contributed by atoms with E-state index < -0.39 is 9.71 Å². The Kier molecular flexibility index (Phi) is 6.48. The summed E-state index contributed by atoms with van der Waals surface area (Å²) in [5.74, 6) is 4.86. The monoisotopic (exact) mass is 262 g/mol. The van der Waals surface area contributed by atoms with Crippen molar-refractivity contribution in [1.29, 1.82) is 0 Å². The van der Waals surface area contributed by atoms with Crippen LogP contribution >= 0.6 is 0 Å². The van der Waals surface area contributed by atoms with Crippen LogP contribution in [0.1, 0.15) is 20.3 Å². The molecule has 102 valence electrons. The first kappa shape index (κ1) is 15.0. The fourth-order valence-electron chi connectivity index (χ4n) is 1.98. The number of nitrogens with one attached hydrogen (secondary N) is 1. The van der Waals surface area contributed by atoms with E-state index in [0.717, 1.165) is 45.8 Å². The molecule has 1 heterocycles. The predicted octanol–water partition coefficient (Wildman–Crippen LogP) is 0.586. The van der Waals surface area contributed by atoms with Gasteiger partial charge in [0.2, 0.25) is 0 Å². The van der Waals surface area contributed by atoms with E-state index in [0.29, 0.717) is 11.7 Å². The van der Waals surface area contributed by atoms with Gasteiger partial charge in [-0.2, -0.15) is 0 Å². The summed E-state index contributed by atoms with van der Waals surface area (Å²) in [6, 6.07) is 0. The van der Waals surface area contributed by atoms with Crippen molar-refractivity contribution in [2.45, 2.75) is 20.3 Å². The van der Waals surface area contributed by atoms with Gasteiger partial charge in [-0.1, -0.05) is 13.8 Å². The highest BCUT2D eigenvalue weighted by molar-refractivity contribution is 7.98. The maximum Gasteiger partial charge on any atom is 0.0594 e. The van der Waals surface area contributed by atoms with Gasteiger partial charge in [-0.05, 0) is 24.8 Å². The Labute approximate surface area is 106 Å². The molecule has 1 aliphatic heterocycles. The fourth-order valence-corrected chi connectivity index (χ4v) is 3.69. The van der Waals surface area contributed by atoms with Crippen molar-refractivity contribution in [3.63, 3.8) is 0 Å². The normalized spacial score (nSPS) is 21.6. The predicted molar refractivity (Wildman–Crippen MR) is 74.8 cm³/mol. The zero-order chi connectivity index (χ0) is 12.7. The Morgan fingerprint density at radius 2 is 2.06 bits per heavy atom. The molecular formula is C12H26N2O2S. The molecule has 1 rings (SSSR count). The largest absolute Gasteiger partial charge is 0.379 e. The average Bonchev–Trinajstić information content (AvgIpc) is 2.24. The van der Waals surface area contributed by atoms with E-state index in [4.69, 9.17) is 4.74 Å². The van der Waals surface area contributed by atoms with Gasteiger partial charge in [0.05, 0.1) is 13.2 Å². The van der Waals surface area contributed by atoms with Gasteiger partial charge in [0.15, 0.2) is 0 Å². The Morgan fingerprint density at radius 1 is 1.41 bits per heavy atom. The van der Waals surface area contributed by atoms with Crippen molar-refractivity contribution in [3.05, 3.63) is 0 Å². The molecule has 1 N–H and O–H groups in total. The van der Waals surface area contributed by atoms with Crippen LogP contribution in [-0.4, -0.2) is 60.1 Å². The molecule has 1 unspecified atom stereocenters. The maximum atomic E-state index is 12.0. The van der Waals surface area contributed by atoms with E-state index >= 15 is 0 Å². The lowest BCUT2D eigenvalue weighted by Gasteiger charge is -2.26.